The van der Waals surface area contributed by atoms with Crippen LogP contribution in [0.5, 0.6) is 5.75 Å². The van der Waals surface area contributed by atoms with Gasteiger partial charge in [0.2, 0.25) is 5.91 Å². The first-order valence-electron chi connectivity index (χ1n) is 8.30. The summed E-state index contributed by atoms with van der Waals surface area (Å²) < 4.78 is 5.44. The van der Waals surface area contributed by atoms with Crippen molar-refractivity contribution in [3.63, 3.8) is 0 Å². The Morgan fingerprint density at radius 1 is 1.27 bits per heavy atom. The second-order valence-electron chi connectivity index (χ2n) is 6.15. The molecule has 2 heterocycles. The maximum Gasteiger partial charge on any atom is 0.239 e. The number of thioether (sulfide) groups is 1. The number of nitrogens with zero attached hydrogens (tertiary/aromatic N) is 1. The highest BCUT2D eigenvalue weighted by Gasteiger charge is 2.28. The number of hydrogen-bond acceptors (Lipinski definition) is 5. The molecule has 26 heavy (non-hydrogen) atoms. The third-order valence-electron chi connectivity index (χ3n) is 4.30. The van der Waals surface area contributed by atoms with Crippen LogP contribution in [-0.4, -0.2) is 23.3 Å². The average molecular weight is 383 g/mol. The van der Waals surface area contributed by atoms with Crippen LogP contribution in [0.2, 0.25) is 0 Å². The first kappa shape index (κ1) is 17.1. The smallest absolute Gasteiger partial charge is 0.239 e. The molecular weight excluding hydrogens is 364 g/mol. The molecule has 3 aromatic rings. The molecule has 132 valence electrons. The number of hydrogen-bond donors (Lipinski definition) is 1. The fourth-order valence-electron chi connectivity index (χ4n) is 2.99. The van der Waals surface area contributed by atoms with Gasteiger partial charge < -0.3 is 10.1 Å². The summed E-state index contributed by atoms with van der Waals surface area (Å²) in [5, 5.41) is 5.43. The molecule has 1 aromatic heterocycles. The van der Waals surface area contributed by atoms with Crippen LogP contribution in [0, 0.1) is 6.92 Å². The number of carbonyl (C=O) groups excluding carboxylic acids is 1. The normalized spacial score (nSPS) is 15.5. The van der Waals surface area contributed by atoms with Crippen molar-refractivity contribution >= 4 is 34.1 Å². The zero-order chi connectivity index (χ0) is 18.1. The van der Waals surface area contributed by atoms with Crippen molar-refractivity contribution in [3.8, 4) is 17.0 Å². The van der Waals surface area contributed by atoms with E-state index in [2.05, 4.69) is 22.4 Å². The van der Waals surface area contributed by atoms with Gasteiger partial charge in [0.25, 0.3) is 0 Å². The molecule has 0 aliphatic carbocycles. The van der Waals surface area contributed by atoms with Gasteiger partial charge in [0, 0.05) is 15.8 Å². The molecule has 1 aliphatic rings. The summed E-state index contributed by atoms with van der Waals surface area (Å²) >= 11 is 3.05. The van der Waals surface area contributed by atoms with Gasteiger partial charge in [0.05, 0.1) is 18.1 Å². The molecule has 1 unspecified atom stereocenters. The number of amides is 1. The summed E-state index contributed by atoms with van der Waals surface area (Å²) in [4.78, 5) is 18.4. The highest BCUT2D eigenvalue weighted by atomic mass is 32.2. The summed E-state index contributed by atoms with van der Waals surface area (Å²) in [6, 6.07) is 14.2. The molecule has 1 N–H and O–H groups in total. The number of methoxy groups -OCH3 is 1. The van der Waals surface area contributed by atoms with Gasteiger partial charge in [-0.05, 0) is 37.1 Å². The topological polar surface area (TPSA) is 51.2 Å². The van der Waals surface area contributed by atoms with Crippen molar-refractivity contribution in [1.82, 2.24) is 4.98 Å². The Morgan fingerprint density at radius 2 is 2.12 bits per heavy atom. The predicted octanol–water partition coefficient (Wildman–Crippen LogP) is 4.78. The van der Waals surface area contributed by atoms with Crippen LogP contribution in [0.15, 0.2) is 52.7 Å². The average Bonchev–Trinajstić information content (AvgIpc) is 3.28. The molecule has 1 atom stereocenters. The van der Waals surface area contributed by atoms with Crippen LogP contribution in [0.4, 0.5) is 5.13 Å². The number of aryl methyl sites for hydroxylation is 1. The molecule has 1 amide bonds. The van der Waals surface area contributed by atoms with E-state index < -0.39 is 0 Å². The Kier molecular flexibility index (Phi) is 4.70. The molecule has 4 nitrogen and oxygen atoms in total. The molecule has 2 aromatic carbocycles. The van der Waals surface area contributed by atoms with E-state index in [0.29, 0.717) is 5.13 Å². The van der Waals surface area contributed by atoms with E-state index in [0.717, 1.165) is 29.0 Å². The van der Waals surface area contributed by atoms with Crippen LogP contribution in [-0.2, 0) is 11.2 Å². The lowest BCUT2D eigenvalue weighted by Crippen LogP contribution is -2.24. The van der Waals surface area contributed by atoms with Gasteiger partial charge in [-0.15, -0.1) is 23.1 Å². The molecule has 0 spiro atoms. The predicted molar refractivity (Wildman–Crippen MR) is 107 cm³/mol. The summed E-state index contributed by atoms with van der Waals surface area (Å²) in [5.74, 6) is 0.781. The fourth-order valence-corrected chi connectivity index (χ4v) is 4.90. The lowest BCUT2D eigenvalue weighted by molar-refractivity contribution is -0.115. The second kappa shape index (κ2) is 7.13. The SMILES string of the molecule is COc1ccc(C)cc1-c1csc(NC(=O)C2Cc3ccccc3S2)n1. The highest BCUT2D eigenvalue weighted by molar-refractivity contribution is 8.01. The number of nitrogens with one attached hydrogen (secondary N) is 1. The number of rotatable bonds is 4. The number of benzene rings is 2. The van der Waals surface area contributed by atoms with E-state index in [4.69, 9.17) is 4.74 Å². The number of anilines is 1. The minimum Gasteiger partial charge on any atom is -0.496 e. The van der Waals surface area contributed by atoms with E-state index in [1.807, 2.05) is 42.6 Å². The zero-order valence-corrected chi connectivity index (χ0v) is 16.1. The van der Waals surface area contributed by atoms with Gasteiger partial charge in [0.1, 0.15) is 5.75 Å². The number of ether oxygens (including phenoxy) is 1. The molecule has 1 aliphatic heterocycles. The maximum atomic E-state index is 12.6. The van der Waals surface area contributed by atoms with Gasteiger partial charge in [-0.1, -0.05) is 29.8 Å². The Hall–Kier alpha value is -2.31. The van der Waals surface area contributed by atoms with Crippen LogP contribution in [0.1, 0.15) is 11.1 Å². The van der Waals surface area contributed by atoms with Crippen molar-refractivity contribution in [2.45, 2.75) is 23.5 Å². The Balaban J connectivity index is 1.49. The van der Waals surface area contributed by atoms with Crippen molar-refractivity contribution < 1.29 is 9.53 Å². The molecule has 0 saturated heterocycles. The quantitative estimate of drug-likeness (QED) is 0.705. The molecule has 4 rings (SSSR count). The van der Waals surface area contributed by atoms with Crippen LogP contribution < -0.4 is 10.1 Å². The number of carbonyl (C=O) groups is 1. The zero-order valence-electron chi connectivity index (χ0n) is 14.5. The molecule has 0 fully saturated rings. The van der Waals surface area contributed by atoms with Crippen molar-refractivity contribution in [2.75, 3.05) is 12.4 Å². The second-order valence-corrected chi connectivity index (χ2v) is 8.25. The van der Waals surface area contributed by atoms with E-state index in [1.165, 1.54) is 21.8 Å². The Labute approximate surface area is 160 Å². The minimum atomic E-state index is -0.103. The third kappa shape index (κ3) is 3.34. The van der Waals surface area contributed by atoms with E-state index in [-0.39, 0.29) is 11.2 Å². The number of aromatic nitrogens is 1. The van der Waals surface area contributed by atoms with E-state index in [9.17, 15) is 4.79 Å². The summed E-state index contributed by atoms with van der Waals surface area (Å²) in [6.07, 6.45) is 0.761. The van der Waals surface area contributed by atoms with Gasteiger partial charge in [-0.25, -0.2) is 4.98 Å². The number of fused-ring (bicyclic) bond motifs is 1. The van der Waals surface area contributed by atoms with Crippen molar-refractivity contribution in [3.05, 3.63) is 59.0 Å². The minimum absolute atomic E-state index is 0.00306. The maximum absolute atomic E-state index is 12.6. The van der Waals surface area contributed by atoms with Gasteiger partial charge in [-0.3, -0.25) is 4.79 Å². The van der Waals surface area contributed by atoms with Gasteiger partial charge >= 0.3 is 0 Å². The summed E-state index contributed by atoms with van der Waals surface area (Å²) in [6.45, 7) is 2.03. The van der Waals surface area contributed by atoms with Crippen LogP contribution in [0.3, 0.4) is 0 Å². The standard InChI is InChI=1S/C20H18N2O2S2/c1-12-7-8-16(24-2)14(9-12)15-11-25-20(21-15)22-19(23)18-10-13-5-3-4-6-17(13)26-18/h3-9,11,18H,10H2,1-2H3,(H,21,22,23). The molecular formula is C20H18N2O2S2. The third-order valence-corrected chi connectivity index (χ3v) is 6.38. The molecule has 6 heteroatoms. The van der Waals surface area contributed by atoms with Crippen LogP contribution >= 0.6 is 23.1 Å². The van der Waals surface area contributed by atoms with E-state index in [1.54, 1.807) is 18.9 Å². The largest absolute Gasteiger partial charge is 0.496 e. The lowest BCUT2D eigenvalue weighted by Gasteiger charge is -2.08. The fraction of sp³-hybridized carbons (Fsp3) is 0.200. The lowest BCUT2D eigenvalue weighted by atomic mass is 10.1. The Morgan fingerprint density at radius 3 is 2.92 bits per heavy atom. The Bertz CT molecular complexity index is 943. The highest BCUT2D eigenvalue weighted by Crippen LogP contribution is 2.38. The van der Waals surface area contributed by atoms with Crippen molar-refractivity contribution in [1.29, 1.82) is 0 Å². The summed E-state index contributed by atoms with van der Waals surface area (Å²) in [5.41, 5.74) is 4.13. The van der Waals surface area contributed by atoms with Gasteiger partial charge in [0.15, 0.2) is 5.13 Å². The molecule has 0 bridgehead atoms. The van der Waals surface area contributed by atoms with E-state index >= 15 is 0 Å². The number of thiazole rings is 1. The van der Waals surface area contributed by atoms with Crippen LogP contribution in [0.25, 0.3) is 11.3 Å². The monoisotopic (exact) mass is 382 g/mol. The first-order valence-corrected chi connectivity index (χ1v) is 10.1. The van der Waals surface area contributed by atoms with Crippen molar-refractivity contribution in [2.24, 2.45) is 0 Å². The van der Waals surface area contributed by atoms with Gasteiger partial charge in [-0.2, -0.15) is 0 Å². The molecule has 0 radical (unpaired) electrons. The first-order chi connectivity index (χ1) is 12.6. The molecule has 0 saturated carbocycles. The summed E-state index contributed by atoms with van der Waals surface area (Å²) in [7, 11) is 1.65.